The van der Waals surface area contributed by atoms with Gasteiger partial charge in [0.25, 0.3) is 0 Å². The van der Waals surface area contributed by atoms with E-state index in [2.05, 4.69) is 38.0 Å². The largest absolute Gasteiger partial charge is 0.381 e. The standard InChI is InChI=1S/C18H36N2O/c1-15(2)19-13-18(9-5-16(3)6-10-18)14-20(4)17-7-11-21-12-8-17/h15-17,19H,5-14H2,1-4H3. The third-order valence-corrected chi connectivity index (χ3v) is 5.62. The van der Waals surface area contributed by atoms with Crippen LogP contribution in [0, 0.1) is 11.3 Å². The molecule has 1 saturated heterocycles. The molecule has 3 nitrogen and oxygen atoms in total. The van der Waals surface area contributed by atoms with E-state index in [4.69, 9.17) is 4.74 Å². The summed E-state index contributed by atoms with van der Waals surface area (Å²) in [5, 5.41) is 3.73. The Morgan fingerprint density at radius 3 is 2.33 bits per heavy atom. The lowest BCUT2D eigenvalue weighted by atomic mass is 9.70. The number of nitrogens with one attached hydrogen (secondary N) is 1. The van der Waals surface area contributed by atoms with Crippen molar-refractivity contribution in [2.24, 2.45) is 11.3 Å². The monoisotopic (exact) mass is 296 g/mol. The van der Waals surface area contributed by atoms with Gasteiger partial charge in [-0.3, -0.25) is 0 Å². The lowest BCUT2D eigenvalue weighted by Crippen LogP contribution is -2.49. The lowest BCUT2D eigenvalue weighted by molar-refractivity contribution is 0.0159. The first-order valence-electron chi connectivity index (χ1n) is 9.02. The van der Waals surface area contributed by atoms with E-state index in [1.54, 1.807) is 0 Å². The van der Waals surface area contributed by atoms with E-state index in [1.807, 2.05) is 0 Å². The van der Waals surface area contributed by atoms with Crippen molar-refractivity contribution in [1.29, 1.82) is 0 Å². The van der Waals surface area contributed by atoms with Crippen LogP contribution in [-0.4, -0.2) is 50.3 Å². The Morgan fingerprint density at radius 1 is 1.14 bits per heavy atom. The molecule has 0 aromatic heterocycles. The van der Waals surface area contributed by atoms with Crippen LogP contribution in [0.4, 0.5) is 0 Å². The first-order valence-corrected chi connectivity index (χ1v) is 9.02. The quantitative estimate of drug-likeness (QED) is 0.814. The predicted octanol–water partition coefficient (Wildman–Crippen LogP) is 3.29. The van der Waals surface area contributed by atoms with E-state index in [0.717, 1.165) is 25.2 Å². The normalized spacial score (nSPS) is 32.0. The zero-order valence-corrected chi connectivity index (χ0v) is 14.7. The molecule has 1 N–H and O–H groups in total. The fourth-order valence-electron chi connectivity index (χ4n) is 3.97. The molecule has 0 unspecified atom stereocenters. The molecule has 0 aromatic carbocycles. The molecule has 3 heteroatoms. The summed E-state index contributed by atoms with van der Waals surface area (Å²) < 4.78 is 5.52. The minimum absolute atomic E-state index is 0.490. The number of rotatable bonds is 6. The second-order valence-electron chi connectivity index (χ2n) is 7.98. The third kappa shape index (κ3) is 5.22. The first-order chi connectivity index (χ1) is 10.0. The summed E-state index contributed by atoms with van der Waals surface area (Å²) in [4.78, 5) is 2.64. The summed E-state index contributed by atoms with van der Waals surface area (Å²) in [7, 11) is 2.34. The summed E-state index contributed by atoms with van der Waals surface area (Å²) in [5.41, 5.74) is 0.490. The zero-order valence-electron chi connectivity index (χ0n) is 14.7. The number of hydrogen-bond acceptors (Lipinski definition) is 3. The van der Waals surface area contributed by atoms with Crippen molar-refractivity contribution in [2.45, 2.75) is 71.4 Å². The van der Waals surface area contributed by atoms with Crippen molar-refractivity contribution in [3.05, 3.63) is 0 Å². The van der Waals surface area contributed by atoms with E-state index >= 15 is 0 Å². The second kappa shape index (κ2) is 7.94. The van der Waals surface area contributed by atoms with Crippen LogP contribution in [0.5, 0.6) is 0 Å². The molecule has 0 amide bonds. The number of nitrogens with zero attached hydrogens (tertiary/aromatic N) is 1. The van der Waals surface area contributed by atoms with Gasteiger partial charge in [-0.2, -0.15) is 0 Å². The van der Waals surface area contributed by atoms with Crippen LogP contribution in [0.15, 0.2) is 0 Å². The molecule has 1 heterocycles. The average Bonchev–Trinajstić information content (AvgIpc) is 2.49. The summed E-state index contributed by atoms with van der Waals surface area (Å²) >= 11 is 0. The molecule has 1 aliphatic heterocycles. The molecule has 0 radical (unpaired) electrons. The van der Waals surface area contributed by atoms with Gasteiger partial charge in [0.15, 0.2) is 0 Å². The smallest absolute Gasteiger partial charge is 0.0480 e. The molecule has 0 spiro atoms. The van der Waals surface area contributed by atoms with E-state index in [0.29, 0.717) is 11.5 Å². The minimum atomic E-state index is 0.490. The maximum atomic E-state index is 5.52. The van der Waals surface area contributed by atoms with Crippen molar-refractivity contribution in [3.8, 4) is 0 Å². The Labute approximate surface area is 131 Å². The van der Waals surface area contributed by atoms with Crippen LogP contribution >= 0.6 is 0 Å². The van der Waals surface area contributed by atoms with Gasteiger partial charge >= 0.3 is 0 Å². The van der Waals surface area contributed by atoms with E-state index in [-0.39, 0.29) is 0 Å². The molecule has 21 heavy (non-hydrogen) atoms. The Kier molecular flexibility index (Phi) is 6.51. The Morgan fingerprint density at radius 2 is 1.76 bits per heavy atom. The van der Waals surface area contributed by atoms with Crippen molar-refractivity contribution in [3.63, 3.8) is 0 Å². The molecule has 1 aliphatic carbocycles. The maximum Gasteiger partial charge on any atom is 0.0480 e. The van der Waals surface area contributed by atoms with Gasteiger partial charge in [-0.15, -0.1) is 0 Å². The molecule has 2 aliphatic rings. The van der Waals surface area contributed by atoms with E-state index < -0.39 is 0 Å². The Bertz CT molecular complexity index is 292. The van der Waals surface area contributed by atoms with Crippen LogP contribution in [0.25, 0.3) is 0 Å². The highest BCUT2D eigenvalue weighted by Crippen LogP contribution is 2.39. The molecule has 124 valence electrons. The van der Waals surface area contributed by atoms with Gasteiger partial charge in [0, 0.05) is 38.4 Å². The van der Waals surface area contributed by atoms with Crippen molar-refractivity contribution >= 4 is 0 Å². The molecule has 2 fully saturated rings. The van der Waals surface area contributed by atoms with Crippen LogP contribution in [0.3, 0.4) is 0 Å². The summed E-state index contributed by atoms with van der Waals surface area (Å²) in [6, 6.07) is 1.32. The fourth-order valence-corrected chi connectivity index (χ4v) is 3.97. The molecular formula is C18H36N2O. The maximum absolute atomic E-state index is 5.52. The number of hydrogen-bond donors (Lipinski definition) is 1. The molecular weight excluding hydrogens is 260 g/mol. The van der Waals surface area contributed by atoms with Gasteiger partial charge in [-0.1, -0.05) is 33.6 Å². The summed E-state index contributed by atoms with van der Waals surface area (Å²) in [5.74, 6) is 0.922. The van der Waals surface area contributed by atoms with Gasteiger partial charge in [-0.25, -0.2) is 0 Å². The molecule has 0 bridgehead atoms. The van der Waals surface area contributed by atoms with E-state index in [1.165, 1.54) is 51.6 Å². The topological polar surface area (TPSA) is 24.5 Å². The summed E-state index contributed by atoms with van der Waals surface area (Å²) in [6.45, 7) is 11.3. The van der Waals surface area contributed by atoms with Gasteiger partial charge in [0.1, 0.15) is 0 Å². The van der Waals surface area contributed by atoms with Gasteiger partial charge in [0.2, 0.25) is 0 Å². The summed E-state index contributed by atoms with van der Waals surface area (Å²) in [6.07, 6.45) is 8.01. The highest BCUT2D eigenvalue weighted by atomic mass is 16.5. The van der Waals surface area contributed by atoms with Crippen LogP contribution < -0.4 is 5.32 Å². The average molecular weight is 296 g/mol. The SMILES string of the molecule is CC1CCC(CNC(C)C)(CN(C)C2CCOCC2)CC1. The Hall–Kier alpha value is -0.120. The number of ether oxygens (including phenoxy) is 1. The van der Waals surface area contributed by atoms with Crippen LogP contribution in [-0.2, 0) is 4.74 Å². The first kappa shape index (κ1) is 17.2. The lowest BCUT2D eigenvalue weighted by Gasteiger charge is -2.45. The van der Waals surface area contributed by atoms with Crippen molar-refractivity contribution < 1.29 is 4.74 Å². The third-order valence-electron chi connectivity index (χ3n) is 5.62. The van der Waals surface area contributed by atoms with Crippen LogP contribution in [0.1, 0.15) is 59.3 Å². The fraction of sp³-hybridized carbons (Fsp3) is 1.00. The van der Waals surface area contributed by atoms with Crippen LogP contribution in [0.2, 0.25) is 0 Å². The highest BCUT2D eigenvalue weighted by molar-refractivity contribution is 4.90. The van der Waals surface area contributed by atoms with Gasteiger partial charge in [0.05, 0.1) is 0 Å². The van der Waals surface area contributed by atoms with Gasteiger partial charge in [-0.05, 0) is 44.1 Å². The zero-order chi connectivity index (χ0) is 15.3. The second-order valence-corrected chi connectivity index (χ2v) is 7.98. The van der Waals surface area contributed by atoms with E-state index in [9.17, 15) is 0 Å². The van der Waals surface area contributed by atoms with Crippen molar-refractivity contribution in [1.82, 2.24) is 10.2 Å². The Balaban J connectivity index is 1.94. The molecule has 0 aromatic rings. The van der Waals surface area contributed by atoms with Crippen molar-refractivity contribution in [2.75, 3.05) is 33.4 Å². The highest BCUT2D eigenvalue weighted by Gasteiger charge is 2.36. The molecule has 1 saturated carbocycles. The predicted molar refractivity (Wildman–Crippen MR) is 89.7 cm³/mol. The minimum Gasteiger partial charge on any atom is -0.381 e. The van der Waals surface area contributed by atoms with Gasteiger partial charge < -0.3 is 15.0 Å². The molecule has 2 rings (SSSR count). The molecule has 0 atom stereocenters.